The van der Waals surface area contributed by atoms with Crippen molar-refractivity contribution >= 4 is 26.5 Å². The van der Waals surface area contributed by atoms with E-state index in [9.17, 15) is 22.0 Å². The Morgan fingerprint density at radius 2 is 1.89 bits per heavy atom. The molecular weight excluding hydrogens is 290 g/mol. The molecule has 0 saturated heterocycles. The Balaban J connectivity index is 3.54. The molecule has 1 aromatic heterocycles. The summed E-state index contributed by atoms with van der Waals surface area (Å²) in [5, 5.41) is 9.63. The van der Waals surface area contributed by atoms with Crippen LogP contribution in [0, 0.1) is 5.21 Å². The van der Waals surface area contributed by atoms with E-state index in [2.05, 4.69) is 4.42 Å². The molecule has 0 aromatic carbocycles. The van der Waals surface area contributed by atoms with E-state index in [0.717, 1.165) is 6.21 Å². The van der Waals surface area contributed by atoms with Crippen LogP contribution < -0.4 is 0 Å². The topological polar surface area (TPSA) is 148 Å². The molecular formula is C7H9NO8S2. The van der Waals surface area contributed by atoms with Gasteiger partial charge in [-0.3, -0.25) is 9.11 Å². The standard InChI is InChI=1S/C7H9NO8S2/c1-2-8(9)4-5-3-6(17(10,11)12)7(16-5)18(13,14)15/h3-4H,2H2,1H3,(H,10,11,12)(H,13,14,15). The zero-order valence-corrected chi connectivity index (χ0v) is 10.6. The van der Waals surface area contributed by atoms with Crippen LogP contribution in [0.15, 0.2) is 20.5 Å². The number of hydroxylamine groups is 1. The molecule has 0 bridgehead atoms. The average Bonchev–Trinajstić information content (AvgIpc) is 2.60. The summed E-state index contributed by atoms with van der Waals surface area (Å²) in [7, 11) is -9.90. The highest BCUT2D eigenvalue weighted by Crippen LogP contribution is 2.24. The van der Waals surface area contributed by atoms with Crippen LogP contribution >= 0.6 is 0 Å². The van der Waals surface area contributed by atoms with Gasteiger partial charge in [0.05, 0.1) is 0 Å². The van der Waals surface area contributed by atoms with Gasteiger partial charge < -0.3 is 9.62 Å². The van der Waals surface area contributed by atoms with Crippen LogP contribution in [0.3, 0.4) is 0 Å². The summed E-state index contributed by atoms with van der Waals surface area (Å²) in [5.41, 5.74) is 0. The minimum absolute atomic E-state index is 0.00309. The van der Waals surface area contributed by atoms with Crippen LogP contribution in [0.25, 0.3) is 0 Å². The van der Waals surface area contributed by atoms with Crippen LogP contribution in [0.5, 0.6) is 0 Å². The van der Waals surface area contributed by atoms with Crippen LogP contribution in [0.1, 0.15) is 12.7 Å². The molecule has 9 nitrogen and oxygen atoms in total. The van der Waals surface area contributed by atoms with Gasteiger partial charge >= 0.3 is 10.1 Å². The third-order valence-electron chi connectivity index (χ3n) is 1.78. The molecule has 0 amide bonds. The molecule has 0 aliphatic rings. The fourth-order valence-electron chi connectivity index (χ4n) is 1.03. The number of furan rings is 1. The maximum absolute atomic E-state index is 11.0. The number of hydrogen-bond donors (Lipinski definition) is 2. The van der Waals surface area contributed by atoms with E-state index in [1.165, 1.54) is 6.92 Å². The fraction of sp³-hybridized carbons (Fsp3) is 0.286. The summed E-state index contributed by atoms with van der Waals surface area (Å²) < 4.78 is 65.8. The molecule has 0 fully saturated rings. The lowest BCUT2D eigenvalue weighted by Gasteiger charge is -1.96. The second kappa shape index (κ2) is 4.68. The first-order chi connectivity index (χ1) is 8.05. The zero-order valence-electron chi connectivity index (χ0n) is 8.97. The molecule has 0 spiro atoms. The van der Waals surface area contributed by atoms with E-state index in [1.54, 1.807) is 0 Å². The van der Waals surface area contributed by atoms with Crippen molar-refractivity contribution in [2.75, 3.05) is 6.54 Å². The van der Waals surface area contributed by atoms with Crippen molar-refractivity contribution in [1.82, 2.24) is 0 Å². The minimum Gasteiger partial charge on any atom is -0.624 e. The van der Waals surface area contributed by atoms with Crippen LogP contribution in [0.4, 0.5) is 0 Å². The molecule has 0 radical (unpaired) electrons. The first-order valence-corrected chi connectivity index (χ1v) is 7.31. The van der Waals surface area contributed by atoms with Crippen molar-refractivity contribution < 1.29 is 35.1 Å². The smallest absolute Gasteiger partial charge is 0.329 e. The zero-order chi connectivity index (χ0) is 14.1. The molecule has 0 unspecified atom stereocenters. The lowest BCUT2D eigenvalue weighted by molar-refractivity contribution is -0.448. The van der Waals surface area contributed by atoms with Crippen LogP contribution in [-0.4, -0.2) is 43.4 Å². The SMILES string of the molecule is CC[N+]([O-])=Cc1cc(S(=O)(=O)O)c(S(=O)(=O)O)o1. The molecule has 2 N–H and O–H groups in total. The molecule has 1 aromatic rings. The van der Waals surface area contributed by atoms with Gasteiger partial charge in [-0.05, 0) is 6.92 Å². The average molecular weight is 299 g/mol. The Labute approximate surface area is 102 Å². The van der Waals surface area contributed by atoms with Gasteiger partial charge in [0.25, 0.3) is 15.2 Å². The molecule has 0 aliphatic heterocycles. The predicted molar refractivity (Wildman–Crippen MR) is 57.7 cm³/mol. The molecule has 0 saturated carbocycles. The molecule has 11 heteroatoms. The quantitative estimate of drug-likeness (QED) is 0.253. The summed E-state index contributed by atoms with van der Waals surface area (Å²) >= 11 is 0. The van der Waals surface area contributed by atoms with Crippen molar-refractivity contribution in [1.29, 1.82) is 0 Å². The van der Waals surface area contributed by atoms with Gasteiger partial charge in [-0.15, -0.1) is 0 Å². The van der Waals surface area contributed by atoms with Crippen molar-refractivity contribution in [2.24, 2.45) is 0 Å². The van der Waals surface area contributed by atoms with E-state index in [-0.39, 0.29) is 6.54 Å². The van der Waals surface area contributed by atoms with E-state index < -0.39 is 36.0 Å². The van der Waals surface area contributed by atoms with Crippen molar-refractivity contribution in [3.8, 4) is 0 Å². The summed E-state index contributed by atoms with van der Waals surface area (Å²) in [6.45, 7) is 1.49. The van der Waals surface area contributed by atoms with Crippen molar-refractivity contribution in [3.05, 3.63) is 17.0 Å². The van der Waals surface area contributed by atoms with Crippen LogP contribution in [-0.2, 0) is 20.2 Å². The van der Waals surface area contributed by atoms with E-state index in [1.807, 2.05) is 0 Å². The molecule has 0 atom stereocenters. The van der Waals surface area contributed by atoms with E-state index in [4.69, 9.17) is 9.11 Å². The lowest BCUT2D eigenvalue weighted by Crippen LogP contribution is -2.05. The van der Waals surface area contributed by atoms with Crippen molar-refractivity contribution in [3.63, 3.8) is 0 Å². The van der Waals surface area contributed by atoms with Gasteiger partial charge in [0.15, 0.2) is 17.2 Å². The highest BCUT2D eigenvalue weighted by atomic mass is 32.2. The summed E-state index contributed by atoms with van der Waals surface area (Å²) in [4.78, 5) is -1.14. The highest BCUT2D eigenvalue weighted by Gasteiger charge is 2.30. The summed E-state index contributed by atoms with van der Waals surface area (Å²) in [6.07, 6.45) is 0.767. The van der Waals surface area contributed by atoms with Crippen molar-refractivity contribution in [2.45, 2.75) is 16.9 Å². The number of nitrogens with zero attached hydrogens (tertiary/aromatic N) is 1. The van der Waals surface area contributed by atoms with E-state index in [0.29, 0.717) is 10.8 Å². The number of hydrogen-bond acceptors (Lipinski definition) is 6. The highest BCUT2D eigenvalue weighted by molar-refractivity contribution is 7.88. The van der Waals surface area contributed by atoms with Crippen LogP contribution in [0.2, 0.25) is 0 Å². The second-order valence-electron chi connectivity index (χ2n) is 3.11. The summed E-state index contributed by atoms with van der Waals surface area (Å²) in [5.74, 6) is -0.438. The maximum Gasteiger partial charge on any atom is 0.329 e. The third-order valence-corrected chi connectivity index (χ3v) is 3.54. The van der Waals surface area contributed by atoms with Gasteiger partial charge in [0.1, 0.15) is 0 Å². The van der Waals surface area contributed by atoms with Gasteiger partial charge in [-0.2, -0.15) is 16.8 Å². The van der Waals surface area contributed by atoms with E-state index >= 15 is 0 Å². The number of rotatable bonds is 4. The predicted octanol–water partition coefficient (Wildman–Crippen LogP) is -0.278. The normalized spacial score (nSPS) is 13.8. The Hall–Kier alpha value is -1.43. The first kappa shape index (κ1) is 14.6. The van der Waals surface area contributed by atoms with Gasteiger partial charge in [0, 0.05) is 6.07 Å². The first-order valence-electron chi connectivity index (χ1n) is 4.43. The Kier molecular flexibility index (Phi) is 3.81. The minimum atomic E-state index is -4.98. The lowest BCUT2D eigenvalue weighted by atomic mass is 10.5. The van der Waals surface area contributed by atoms with Gasteiger partial charge in [-0.25, -0.2) is 4.74 Å². The largest absolute Gasteiger partial charge is 0.624 e. The third kappa shape index (κ3) is 3.29. The maximum atomic E-state index is 11.0. The second-order valence-corrected chi connectivity index (χ2v) is 5.82. The molecule has 1 rings (SSSR count). The Bertz CT molecular complexity index is 632. The monoisotopic (exact) mass is 299 g/mol. The molecule has 102 valence electrons. The van der Waals surface area contributed by atoms with Gasteiger partial charge in [0.2, 0.25) is 6.21 Å². The Morgan fingerprint density at radius 3 is 2.22 bits per heavy atom. The van der Waals surface area contributed by atoms with Gasteiger partial charge in [-0.1, -0.05) is 0 Å². The fourth-order valence-corrected chi connectivity index (χ4v) is 2.70. The Morgan fingerprint density at radius 1 is 1.33 bits per heavy atom. The summed E-state index contributed by atoms with van der Waals surface area (Å²) in [6, 6.07) is 0.610. The molecule has 0 aliphatic carbocycles. The molecule has 1 heterocycles. The molecule has 18 heavy (non-hydrogen) atoms.